The number of rotatable bonds is 4. The van der Waals surface area contributed by atoms with Crippen molar-refractivity contribution in [3.8, 4) is 0 Å². The summed E-state index contributed by atoms with van der Waals surface area (Å²) in [5.41, 5.74) is 1.10. The molecule has 4 heteroatoms. The summed E-state index contributed by atoms with van der Waals surface area (Å²) in [6.45, 7) is 3.86. The van der Waals surface area contributed by atoms with Crippen LogP contribution >= 0.6 is 0 Å². The molecule has 1 saturated heterocycles. The van der Waals surface area contributed by atoms with Crippen LogP contribution in [0, 0.1) is 6.92 Å². The Hall–Kier alpha value is -1.03. The van der Waals surface area contributed by atoms with Gasteiger partial charge in [0.05, 0.1) is 11.8 Å². The van der Waals surface area contributed by atoms with Crippen molar-refractivity contribution in [2.75, 3.05) is 18.5 Å². The number of nitrogens with one attached hydrogen (secondary N) is 1. The molecule has 1 saturated carbocycles. The van der Waals surface area contributed by atoms with Gasteiger partial charge in [0.2, 0.25) is 5.95 Å². The second-order valence-corrected chi connectivity index (χ2v) is 4.86. The van der Waals surface area contributed by atoms with Gasteiger partial charge in [-0.1, -0.05) is 0 Å². The van der Waals surface area contributed by atoms with Crippen molar-refractivity contribution < 1.29 is 4.74 Å². The summed E-state index contributed by atoms with van der Waals surface area (Å²) >= 11 is 0. The monoisotopic (exact) mass is 221 g/mol. The average molecular weight is 221 g/mol. The molecular weight excluding hydrogens is 202 g/mol. The molecule has 1 aromatic heterocycles. The molecule has 1 aliphatic heterocycles. The van der Waals surface area contributed by atoms with Gasteiger partial charge in [0, 0.05) is 25.4 Å². The maximum Gasteiger partial charge on any atom is 0.203 e. The Labute approximate surface area is 96.0 Å². The molecule has 1 aromatic rings. The van der Waals surface area contributed by atoms with Gasteiger partial charge in [-0.3, -0.25) is 0 Å². The lowest BCUT2D eigenvalue weighted by atomic mass is 10.2. The van der Waals surface area contributed by atoms with Crippen LogP contribution in [0.5, 0.6) is 0 Å². The molecule has 16 heavy (non-hydrogen) atoms. The molecule has 0 aromatic carbocycles. The minimum Gasteiger partial charge on any atom is -0.376 e. The van der Waals surface area contributed by atoms with Crippen molar-refractivity contribution in [2.24, 2.45) is 0 Å². The van der Waals surface area contributed by atoms with Gasteiger partial charge in [0.15, 0.2) is 0 Å². The van der Waals surface area contributed by atoms with Crippen LogP contribution in [0.25, 0.3) is 0 Å². The first-order valence-corrected chi connectivity index (χ1v) is 6.24. The lowest BCUT2D eigenvalue weighted by Gasteiger charge is -2.12. The van der Waals surface area contributed by atoms with Crippen LogP contribution in [0.4, 0.5) is 5.95 Å². The van der Waals surface area contributed by atoms with E-state index < -0.39 is 0 Å². The van der Waals surface area contributed by atoms with Gasteiger partial charge < -0.3 is 14.6 Å². The summed E-state index contributed by atoms with van der Waals surface area (Å²) in [6.07, 6.45) is 7.49. The van der Waals surface area contributed by atoms with Gasteiger partial charge >= 0.3 is 0 Å². The summed E-state index contributed by atoms with van der Waals surface area (Å²) in [4.78, 5) is 4.53. The first-order valence-electron chi connectivity index (χ1n) is 6.24. The van der Waals surface area contributed by atoms with E-state index in [-0.39, 0.29) is 0 Å². The minimum absolute atomic E-state index is 0.379. The Kier molecular flexibility index (Phi) is 2.59. The standard InChI is InChI=1S/C12H19N3O/c1-9-8-15(10-4-5-10)12(14-9)13-7-11-3-2-6-16-11/h8,10-11H,2-7H2,1H3,(H,13,14). The second-order valence-electron chi connectivity index (χ2n) is 4.86. The highest BCUT2D eigenvalue weighted by atomic mass is 16.5. The zero-order chi connectivity index (χ0) is 11.0. The fourth-order valence-corrected chi connectivity index (χ4v) is 2.29. The molecule has 0 amide bonds. The van der Waals surface area contributed by atoms with Crippen LogP contribution in [0.2, 0.25) is 0 Å². The van der Waals surface area contributed by atoms with Crippen LogP contribution in [-0.4, -0.2) is 28.8 Å². The Balaban J connectivity index is 1.63. The van der Waals surface area contributed by atoms with E-state index in [9.17, 15) is 0 Å². The fourth-order valence-electron chi connectivity index (χ4n) is 2.29. The number of hydrogen-bond acceptors (Lipinski definition) is 3. The number of hydrogen-bond donors (Lipinski definition) is 1. The number of aromatic nitrogens is 2. The third-order valence-corrected chi connectivity index (χ3v) is 3.30. The van der Waals surface area contributed by atoms with Crippen molar-refractivity contribution in [3.63, 3.8) is 0 Å². The molecule has 88 valence electrons. The van der Waals surface area contributed by atoms with Gasteiger partial charge in [-0.15, -0.1) is 0 Å². The summed E-state index contributed by atoms with van der Waals surface area (Å²) in [6, 6.07) is 0.688. The van der Waals surface area contributed by atoms with Crippen LogP contribution in [0.1, 0.15) is 37.4 Å². The first-order chi connectivity index (χ1) is 7.83. The molecule has 0 spiro atoms. The van der Waals surface area contributed by atoms with Gasteiger partial charge in [-0.05, 0) is 32.6 Å². The van der Waals surface area contributed by atoms with E-state index >= 15 is 0 Å². The third kappa shape index (κ3) is 2.07. The summed E-state index contributed by atoms with van der Waals surface area (Å²) in [5, 5.41) is 3.42. The topological polar surface area (TPSA) is 39.1 Å². The molecule has 2 aliphatic rings. The van der Waals surface area contributed by atoms with Crippen molar-refractivity contribution in [2.45, 2.75) is 44.8 Å². The van der Waals surface area contributed by atoms with Crippen molar-refractivity contribution in [1.29, 1.82) is 0 Å². The van der Waals surface area contributed by atoms with Gasteiger partial charge in [0.1, 0.15) is 0 Å². The van der Waals surface area contributed by atoms with E-state index in [0.29, 0.717) is 12.1 Å². The summed E-state index contributed by atoms with van der Waals surface area (Å²) in [5.74, 6) is 1.02. The van der Waals surface area contributed by atoms with Gasteiger partial charge in [-0.25, -0.2) is 4.98 Å². The molecule has 0 radical (unpaired) electrons. The largest absolute Gasteiger partial charge is 0.376 e. The molecule has 2 fully saturated rings. The zero-order valence-corrected chi connectivity index (χ0v) is 9.78. The number of anilines is 1. The maximum absolute atomic E-state index is 5.60. The van der Waals surface area contributed by atoms with Crippen LogP contribution in [0.3, 0.4) is 0 Å². The Morgan fingerprint density at radius 1 is 1.50 bits per heavy atom. The lowest BCUT2D eigenvalue weighted by Crippen LogP contribution is -2.20. The van der Waals surface area contributed by atoms with E-state index in [1.165, 1.54) is 25.7 Å². The Morgan fingerprint density at radius 3 is 3.06 bits per heavy atom. The highest BCUT2D eigenvalue weighted by molar-refractivity contribution is 5.30. The average Bonchev–Trinajstić information content (AvgIpc) is 2.85. The maximum atomic E-state index is 5.60. The predicted octanol–water partition coefficient (Wildman–Crippen LogP) is 2.12. The molecule has 0 bridgehead atoms. The van der Waals surface area contributed by atoms with E-state index in [0.717, 1.165) is 24.8 Å². The van der Waals surface area contributed by atoms with Crippen molar-refractivity contribution in [1.82, 2.24) is 9.55 Å². The van der Waals surface area contributed by atoms with Crippen LogP contribution in [-0.2, 0) is 4.74 Å². The number of nitrogens with zero attached hydrogens (tertiary/aromatic N) is 2. The third-order valence-electron chi connectivity index (χ3n) is 3.30. The number of aryl methyl sites for hydroxylation is 1. The summed E-state index contributed by atoms with van der Waals surface area (Å²) < 4.78 is 7.88. The van der Waals surface area contributed by atoms with Gasteiger partial charge in [-0.2, -0.15) is 0 Å². The predicted molar refractivity (Wildman–Crippen MR) is 62.7 cm³/mol. The molecular formula is C12H19N3O. The van der Waals surface area contributed by atoms with Crippen molar-refractivity contribution >= 4 is 5.95 Å². The lowest BCUT2D eigenvalue weighted by molar-refractivity contribution is 0.120. The second kappa shape index (κ2) is 4.09. The zero-order valence-electron chi connectivity index (χ0n) is 9.78. The molecule has 1 N–H and O–H groups in total. The summed E-state index contributed by atoms with van der Waals surface area (Å²) in [7, 11) is 0. The van der Waals surface area contributed by atoms with E-state index in [1.54, 1.807) is 0 Å². The Morgan fingerprint density at radius 2 is 2.38 bits per heavy atom. The first kappa shape index (κ1) is 10.1. The highest BCUT2D eigenvalue weighted by Crippen LogP contribution is 2.37. The van der Waals surface area contributed by atoms with E-state index in [2.05, 4.69) is 28.0 Å². The van der Waals surface area contributed by atoms with Gasteiger partial charge in [0.25, 0.3) is 0 Å². The fraction of sp³-hybridized carbons (Fsp3) is 0.750. The molecule has 2 heterocycles. The number of ether oxygens (including phenoxy) is 1. The molecule has 1 aliphatic carbocycles. The molecule has 1 unspecified atom stereocenters. The minimum atomic E-state index is 0.379. The highest BCUT2D eigenvalue weighted by Gasteiger charge is 2.26. The SMILES string of the molecule is Cc1cn(C2CC2)c(NCC2CCCO2)n1. The van der Waals surface area contributed by atoms with Crippen LogP contribution in [0.15, 0.2) is 6.20 Å². The smallest absolute Gasteiger partial charge is 0.203 e. The molecule has 3 rings (SSSR count). The normalized spacial score (nSPS) is 24.9. The van der Waals surface area contributed by atoms with E-state index in [1.807, 2.05) is 0 Å². The van der Waals surface area contributed by atoms with E-state index in [4.69, 9.17) is 4.74 Å². The number of imidazole rings is 1. The van der Waals surface area contributed by atoms with Crippen molar-refractivity contribution in [3.05, 3.63) is 11.9 Å². The quantitative estimate of drug-likeness (QED) is 0.846. The Bertz CT molecular complexity index is 364. The molecule has 1 atom stereocenters. The molecule has 4 nitrogen and oxygen atoms in total. The van der Waals surface area contributed by atoms with Crippen LogP contribution < -0.4 is 5.32 Å².